The van der Waals surface area contributed by atoms with Crippen LogP contribution in [0.5, 0.6) is 0 Å². The van der Waals surface area contributed by atoms with Crippen molar-refractivity contribution in [1.82, 2.24) is 4.57 Å². The molecule has 3 aromatic rings. The molecule has 4 N–H and O–H groups in total. The average Bonchev–Trinajstić information content (AvgIpc) is 3.02. The summed E-state index contributed by atoms with van der Waals surface area (Å²) < 4.78 is 29.3. The fraction of sp³-hybridized carbons (Fsp3) is 0.375. The van der Waals surface area contributed by atoms with Crippen molar-refractivity contribution >= 4 is 34.8 Å². The van der Waals surface area contributed by atoms with Gasteiger partial charge in [-0.3, -0.25) is 0 Å². The fourth-order valence-electron chi connectivity index (χ4n) is 4.28. The number of nitrogens with one attached hydrogen (secondary N) is 1. The summed E-state index contributed by atoms with van der Waals surface area (Å²) >= 11 is 0.750. The molecule has 2 heterocycles. The SMILES string of the molecule is CSO.Cc1cc(-n2c(C3(C)COC3)c(C(C)C)c3cc(N)c(C=N)cc32)ccc1F. The molecule has 7 heteroatoms. The largest absolute Gasteiger partial charge is 0.398 e. The molecule has 0 unspecified atom stereocenters. The lowest BCUT2D eigenvalue weighted by molar-refractivity contribution is -0.0531. The minimum atomic E-state index is -0.214. The zero-order valence-electron chi connectivity index (χ0n) is 18.6. The molecular formula is C24H30FN3O2S. The van der Waals surface area contributed by atoms with Gasteiger partial charge < -0.3 is 25.0 Å². The predicted molar refractivity (Wildman–Crippen MR) is 129 cm³/mol. The lowest BCUT2D eigenvalue weighted by Gasteiger charge is -2.40. The number of aryl methyl sites for hydroxylation is 1. The minimum Gasteiger partial charge on any atom is -0.398 e. The number of nitrogens with zero attached hydrogens (tertiary/aromatic N) is 1. The number of benzene rings is 2. The molecule has 0 spiro atoms. The highest BCUT2D eigenvalue weighted by Crippen LogP contribution is 2.44. The van der Waals surface area contributed by atoms with Crippen LogP contribution in [0, 0.1) is 18.2 Å². The van der Waals surface area contributed by atoms with Crippen molar-refractivity contribution in [1.29, 1.82) is 5.41 Å². The monoisotopic (exact) mass is 443 g/mol. The number of ether oxygens (including phenoxy) is 1. The first-order valence-corrected chi connectivity index (χ1v) is 11.4. The Labute approximate surface area is 187 Å². The zero-order valence-corrected chi connectivity index (χ0v) is 19.4. The van der Waals surface area contributed by atoms with Gasteiger partial charge in [-0.1, -0.05) is 13.8 Å². The highest BCUT2D eigenvalue weighted by atomic mass is 32.2. The molecule has 1 aliphatic heterocycles. The van der Waals surface area contributed by atoms with Gasteiger partial charge in [-0.2, -0.15) is 0 Å². The molecule has 0 bridgehead atoms. The molecule has 1 fully saturated rings. The van der Waals surface area contributed by atoms with E-state index in [0.29, 0.717) is 30.0 Å². The first-order valence-electron chi connectivity index (χ1n) is 10.2. The van der Waals surface area contributed by atoms with E-state index in [2.05, 4.69) is 25.3 Å². The highest BCUT2D eigenvalue weighted by Gasteiger charge is 2.41. The van der Waals surface area contributed by atoms with E-state index in [9.17, 15) is 4.39 Å². The number of halogens is 1. The number of anilines is 1. The van der Waals surface area contributed by atoms with Gasteiger partial charge in [-0.15, -0.1) is 0 Å². The fourth-order valence-corrected chi connectivity index (χ4v) is 4.28. The summed E-state index contributed by atoms with van der Waals surface area (Å²) in [6.07, 6.45) is 2.88. The van der Waals surface area contributed by atoms with E-state index in [1.807, 2.05) is 24.3 Å². The quantitative estimate of drug-likeness (QED) is 0.267. The van der Waals surface area contributed by atoms with Gasteiger partial charge >= 0.3 is 0 Å². The van der Waals surface area contributed by atoms with Gasteiger partial charge in [-0.25, -0.2) is 4.39 Å². The van der Waals surface area contributed by atoms with Gasteiger partial charge in [0.25, 0.3) is 0 Å². The Morgan fingerprint density at radius 1 is 1.29 bits per heavy atom. The third-order valence-corrected chi connectivity index (χ3v) is 5.76. The molecule has 0 amide bonds. The predicted octanol–water partition coefficient (Wildman–Crippen LogP) is 5.89. The highest BCUT2D eigenvalue weighted by molar-refractivity contribution is 7.93. The summed E-state index contributed by atoms with van der Waals surface area (Å²) in [6, 6.07) is 9.16. The van der Waals surface area contributed by atoms with Crippen LogP contribution in [0.25, 0.3) is 16.6 Å². The number of nitrogens with two attached hydrogens (primary N) is 1. The lowest BCUT2D eigenvalue weighted by Crippen LogP contribution is -2.46. The van der Waals surface area contributed by atoms with E-state index < -0.39 is 0 Å². The van der Waals surface area contributed by atoms with Crippen molar-refractivity contribution in [3.8, 4) is 5.69 Å². The molecule has 2 aromatic carbocycles. The van der Waals surface area contributed by atoms with E-state index in [1.54, 1.807) is 13.2 Å². The summed E-state index contributed by atoms with van der Waals surface area (Å²) in [7, 11) is 0. The van der Waals surface area contributed by atoms with Crippen LogP contribution in [0.3, 0.4) is 0 Å². The Hall–Kier alpha value is -2.35. The number of hydrogen-bond donors (Lipinski definition) is 3. The lowest BCUT2D eigenvalue weighted by atomic mass is 9.80. The molecule has 4 rings (SSSR count). The second-order valence-electron chi connectivity index (χ2n) is 8.56. The Morgan fingerprint density at radius 2 is 1.94 bits per heavy atom. The third-order valence-electron chi connectivity index (χ3n) is 5.76. The number of fused-ring (bicyclic) bond motifs is 1. The Bertz CT molecular complexity index is 1120. The molecule has 0 saturated carbocycles. The Kier molecular flexibility index (Phi) is 6.79. The van der Waals surface area contributed by atoms with Gasteiger partial charge in [0.2, 0.25) is 0 Å². The van der Waals surface area contributed by atoms with Crippen LogP contribution >= 0.6 is 12.0 Å². The summed E-state index contributed by atoms with van der Waals surface area (Å²) in [6.45, 7) is 9.66. The third kappa shape index (κ3) is 4.10. The second kappa shape index (κ2) is 9.02. The normalized spacial score (nSPS) is 14.8. The van der Waals surface area contributed by atoms with Crippen molar-refractivity contribution in [2.24, 2.45) is 0 Å². The van der Waals surface area contributed by atoms with Crippen LogP contribution in [-0.4, -0.2) is 34.8 Å². The molecule has 1 aliphatic rings. The average molecular weight is 444 g/mol. The molecule has 0 aliphatic carbocycles. The van der Waals surface area contributed by atoms with Gasteiger partial charge in [0.15, 0.2) is 0 Å². The maximum absolute atomic E-state index is 14.0. The van der Waals surface area contributed by atoms with Gasteiger partial charge in [0.1, 0.15) is 5.82 Å². The number of nitrogen functional groups attached to an aromatic ring is 1. The number of hydrogen-bond acceptors (Lipinski definition) is 5. The van der Waals surface area contributed by atoms with Gasteiger partial charge in [0.05, 0.1) is 24.1 Å². The second-order valence-corrected chi connectivity index (χ2v) is 8.93. The van der Waals surface area contributed by atoms with Crippen LogP contribution in [0.2, 0.25) is 0 Å². The smallest absolute Gasteiger partial charge is 0.126 e. The maximum atomic E-state index is 14.0. The molecule has 1 aromatic heterocycles. The van der Waals surface area contributed by atoms with Crippen molar-refractivity contribution in [3.05, 3.63) is 58.5 Å². The number of aromatic nitrogens is 1. The summed E-state index contributed by atoms with van der Waals surface area (Å²) in [4.78, 5) is 0. The van der Waals surface area contributed by atoms with E-state index in [-0.39, 0.29) is 17.2 Å². The summed E-state index contributed by atoms with van der Waals surface area (Å²) in [5.41, 5.74) is 12.3. The van der Waals surface area contributed by atoms with E-state index >= 15 is 0 Å². The van der Waals surface area contributed by atoms with E-state index in [0.717, 1.165) is 28.6 Å². The molecule has 5 nitrogen and oxygen atoms in total. The van der Waals surface area contributed by atoms with Crippen molar-refractivity contribution in [2.45, 2.75) is 39.0 Å². The molecule has 1 saturated heterocycles. The molecule has 31 heavy (non-hydrogen) atoms. The first-order chi connectivity index (χ1) is 14.7. The van der Waals surface area contributed by atoms with Crippen LogP contribution in [0.15, 0.2) is 30.3 Å². The first kappa shape index (κ1) is 23.3. The molecular weight excluding hydrogens is 413 g/mol. The van der Waals surface area contributed by atoms with Crippen LogP contribution in [-0.2, 0) is 10.2 Å². The van der Waals surface area contributed by atoms with Crippen LogP contribution in [0.1, 0.15) is 49.1 Å². The van der Waals surface area contributed by atoms with Gasteiger partial charge in [-0.05, 0) is 73.3 Å². The van der Waals surface area contributed by atoms with Crippen LogP contribution < -0.4 is 5.73 Å². The van der Waals surface area contributed by atoms with Crippen LogP contribution in [0.4, 0.5) is 10.1 Å². The summed E-state index contributed by atoms with van der Waals surface area (Å²) in [5.74, 6) is 0.0661. The summed E-state index contributed by atoms with van der Waals surface area (Å²) in [5, 5.41) is 8.81. The van der Waals surface area contributed by atoms with Crippen molar-refractivity contribution in [2.75, 3.05) is 25.2 Å². The standard InChI is InChI=1S/C23H26FN3O.CH4OS/c1-13(2)21-17-9-19(26)15(10-25)8-20(17)27(22(21)23(4)11-28-12-23)16-5-6-18(24)14(3)7-16;1-3-2/h5-10,13,25H,11-12,26H2,1-4H3;2H,1H3. The maximum Gasteiger partial charge on any atom is 0.126 e. The topological polar surface area (TPSA) is 84.3 Å². The number of rotatable bonds is 4. The molecule has 0 atom stereocenters. The van der Waals surface area contributed by atoms with Gasteiger partial charge in [0, 0.05) is 40.5 Å². The zero-order chi connectivity index (χ0) is 22.9. The van der Waals surface area contributed by atoms with Crippen molar-refractivity contribution < 1.29 is 13.7 Å². The molecule has 0 radical (unpaired) electrons. The van der Waals surface area contributed by atoms with Crippen molar-refractivity contribution in [3.63, 3.8) is 0 Å². The Morgan fingerprint density at radius 3 is 2.42 bits per heavy atom. The van der Waals surface area contributed by atoms with E-state index in [4.69, 9.17) is 20.4 Å². The van der Waals surface area contributed by atoms with E-state index in [1.165, 1.54) is 23.5 Å². The Balaban J connectivity index is 0.000000858. The minimum absolute atomic E-state index is 0.124. The molecule has 166 valence electrons.